The number of aryl methyl sites for hydroxylation is 1. The minimum absolute atomic E-state index is 0.334. The molecule has 0 N–H and O–H groups in total. The molecule has 0 radical (unpaired) electrons. The van der Waals surface area contributed by atoms with E-state index in [9.17, 15) is 8.42 Å². The van der Waals surface area contributed by atoms with Crippen molar-refractivity contribution in [1.29, 1.82) is 0 Å². The van der Waals surface area contributed by atoms with Gasteiger partial charge in [-0.3, -0.25) is 9.29 Å². The van der Waals surface area contributed by atoms with E-state index in [1.807, 2.05) is 60.8 Å². The zero-order valence-corrected chi connectivity index (χ0v) is 16.6. The van der Waals surface area contributed by atoms with E-state index in [-0.39, 0.29) is 0 Å². The average Bonchev–Trinajstić information content (AvgIpc) is 2.78. The Morgan fingerprint density at radius 1 is 0.828 bits per heavy atom. The highest BCUT2D eigenvalue weighted by atomic mass is 32.2. The molecular weight excluding hydrogens is 380 g/mol. The molecule has 0 amide bonds. The first-order chi connectivity index (χ1) is 14.1. The van der Waals surface area contributed by atoms with Crippen LogP contribution in [0.4, 0.5) is 5.69 Å². The highest BCUT2D eigenvalue weighted by Crippen LogP contribution is 2.35. The first-order valence-electron chi connectivity index (χ1n) is 9.68. The lowest BCUT2D eigenvalue weighted by Gasteiger charge is -2.31. The molecule has 0 atom stereocenters. The number of sulfonamides is 1. The quantitative estimate of drug-likeness (QED) is 0.484. The molecule has 0 spiro atoms. The number of rotatable bonds is 3. The van der Waals surface area contributed by atoms with Gasteiger partial charge >= 0.3 is 0 Å². The van der Waals surface area contributed by atoms with Crippen LogP contribution in [0.2, 0.25) is 0 Å². The second kappa shape index (κ2) is 7.01. The lowest BCUT2D eigenvalue weighted by atomic mass is 9.98. The summed E-state index contributed by atoms with van der Waals surface area (Å²) in [6.07, 6.45) is 5.25. The SMILES string of the molecule is O=S(=O)(c1ccc2ccccc2c1)N1CCCc2cc(-c3cccnc3)ccc21. The minimum Gasteiger partial charge on any atom is -0.266 e. The van der Waals surface area contributed by atoms with Gasteiger partial charge in [-0.1, -0.05) is 42.5 Å². The number of fused-ring (bicyclic) bond motifs is 2. The van der Waals surface area contributed by atoms with E-state index in [1.54, 1.807) is 22.6 Å². The molecule has 0 unspecified atom stereocenters. The third kappa shape index (κ3) is 3.17. The normalized spacial score (nSPS) is 14.0. The smallest absolute Gasteiger partial charge is 0.264 e. The first kappa shape index (κ1) is 17.9. The molecule has 144 valence electrons. The van der Waals surface area contributed by atoms with Gasteiger partial charge in [-0.25, -0.2) is 8.42 Å². The predicted molar refractivity (Wildman–Crippen MR) is 116 cm³/mol. The fraction of sp³-hybridized carbons (Fsp3) is 0.125. The molecule has 0 fully saturated rings. The van der Waals surface area contributed by atoms with Gasteiger partial charge in [-0.2, -0.15) is 0 Å². The van der Waals surface area contributed by atoms with Crippen LogP contribution >= 0.6 is 0 Å². The van der Waals surface area contributed by atoms with Crippen molar-refractivity contribution in [3.63, 3.8) is 0 Å². The van der Waals surface area contributed by atoms with Crippen molar-refractivity contribution in [2.75, 3.05) is 10.8 Å². The van der Waals surface area contributed by atoms with Gasteiger partial charge < -0.3 is 0 Å². The van der Waals surface area contributed by atoms with E-state index >= 15 is 0 Å². The number of pyridine rings is 1. The van der Waals surface area contributed by atoms with E-state index in [0.29, 0.717) is 11.4 Å². The van der Waals surface area contributed by atoms with Gasteiger partial charge in [0.15, 0.2) is 0 Å². The van der Waals surface area contributed by atoms with E-state index in [4.69, 9.17) is 0 Å². The Bertz CT molecular complexity index is 1300. The third-order valence-electron chi connectivity index (χ3n) is 5.46. The van der Waals surface area contributed by atoms with Crippen LogP contribution in [0.15, 0.2) is 90.1 Å². The van der Waals surface area contributed by atoms with Gasteiger partial charge in [0.05, 0.1) is 10.6 Å². The standard InChI is InChI=1S/C24H20N2O2S/c27-29(28,23-11-9-18-5-1-2-6-19(18)16-23)26-14-4-8-21-15-20(10-12-24(21)26)22-7-3-13-25-17-22/h1-3,5-7,9-13,15-17H,4,8,14H2. The van der Waals surface area contributed by atoms with E-state index in [1.165, 1.54) is 0 Å². The van der Waals surface area contributed by atoms with Gasteiger partial charge in [-0.05, 0) is 70.6 Å². The summed E-state index contributed by atoms with van der Waals surface area (Å²) >= 11 is 0. The number of hydrogen-bond acceptors (Lipinski definition) is 3. The molecule has 3 aromatic carbocycles. The first-order valence-corrected chi connectivity index (χ1v) is 11.1. The second-order valence-corrected chi connectivity index (χ2v) is 9.14. The molecule has 2 heterocycles. The zero-order chi connectivity index (χ0) is 19.8. The van der Waals surface area contributed by atoms with E-state index < -0.39 is 10.0 Å². The van der Waals surface area contributed by atoms with Gasteiger partial charge in [-0.15, -0.1) is 0 Å². The van der Waals surface area contributed by atoms with E-state index in [0.717, 1.165) is 46.0 Å². The van der Waals surface area contributed by atoms with Gasteiger partial charge in [0.25, 0.3) is 10.0 Å². The summed E-state index contributed by atoms with van der Waals surface area (Å²) in [7, 11) is -3.62. The maximum Gasteiger partial charge on any atom is 0.264 e. The maximum atomic E-state index is 13.5. The van der Waals surface area contributed by atoms with Crippen molar-refractivity contribution in [3.8, 4) is 11.1 Å². The van der Waals surface area contributed by atoms with Gasteiger partial charge in [0.2, 0.25) is 0 Å². The van der Waals surface area contributed by atoms with Crippen LogP contribution in [0.1, 0.15) is 12.0 Å². The Morgan fingerprint density at radius 3 is 2.52 bits per heavy atom. The Hall–Kier alpha value is -3.18. The van der Waals surface area contributed by atoms with Crippen LogP contribution < -0.4 is 4.31 Å². The largest absolute Gasteiger partial charge is 0.266 e. The summed E-state index contributed by atoms with van der Waals surface area (Å²) in [6.45, 7) is 0.494. The average molecular weight is 401 g/mol. The van der Waals surface area contributed by atoms with Crippen molar-refractivity contribution >= 4 is 26.5 Å². The molecular formula is C24H20N2O2S. The van der Waals surface area contributed by atoms with E-state index in [2.05, 4.69) is 11.1 Å². The number of anilines is 1. The Balaban J connectivity index is 1.57. The Kier molecular flexibility index (Phi) is 4.32. The number of nitrogens with zero attached hydrogens (tertiary/aromatic N) is 2. The van der Waals surface area contributed by atoms with Crippen molar-refractivity contribution in [1.82, 2.24) is 4.98 Å². The van der Waals surface area contributed by atoms with Crippen LogP contribution in [0.25, 0.3) is 21.9 Å². The highest BCUT2D eigenvalue weighted by molar-refractivity contribution is 7.92. The fourth-order valence-corrected chi connectivity index (χ4v) is 5.56. The summed E-state index contributed by atoms with van der Waals surface area (Å²) in [5, 5.41) is 1.96. The van der Waals surface area contributed by atoms with Crippen LogP contribution in [-0.4, -0.2) is 19.9 Å². The highest BCUT2D eigenvalue weighted by Gasteiger charge is 2.29. The molecule has 4 nitrogen and oxygen atoms in total. The minimum atomic E-state index is -3.62. The summed E-state index contributed by atoms with van der Waals surface area (Å²) in [5.41, 5.74) is 3.92. The lowest BCUT2D eigenvalue weighted by Crippen LogP contribution is -2.35. The molecule has 1 aliphatic heterocycles. The third-order valence-corrected chi connectivity index (χ3v) is 7.27. The number of benzene rings is 3. The molecule has 1 aliphatic rings. The molecule has 4 aromatic rings. The van der Waals surface area contributed by atoms with Crippen LogP contribution in [0.5, 0.6) is 0 Å². The summed E-state index contributed by atoms with van der Waals surface area (Å²) in [5.74, 6) is 0. The maximum absolute atomic E-state index is 13.5. The van der Waals surface area contributed by atoms with Crippen LogP contribution in [0, 0.1) is 0 Å². The van der Waals surface area contributed by atoms with Crippen molar-refractivity contribution in [3.05, 3.63) is 90.8 Å². The molecule has 29 heavy (non-hydrogen) atoms. The molecule has 0 saturated heterocycles. The molecule has 5 heteroatoms. The van der Waals surface area contributed by atoms with Crippen molar-refractivity contribution in [2.45, 2.75) is 17.7 Å². The Labute approximate surface area is 170 Å². The topological polar surface area (TPSA) is 50.3 Å². The predicted octanol–water partition coefficient (Wildman–Crippen LogP) is 5.04. The Morgan fingerprint density at radius 2 is 1.69 bits per heavy atom. The number of aromatic nitrogens is 1. The van der Waals surface area contributed by atoms with Crippen molar-refractivity contribution in [2.24, 2.45) is 0 Å². The van der Waals surface area contributed by atoms with Crippen LogP contribution in [-0.2, 0) is 16.4 Å². The monoisotopic (exact) mass is 400 g/mol. The lowest BCUT2D eigenvalue weighted by molar-refractivity contribution is 0.586. The summed E-state index contributed by atoms with van der Waals surface area (Å²) < 4.78 is 28.5. The fourth-order valence-electron chi connectivity index (χ4n) is 3.98. The van der Waals surface area contributed by atoms with Crippen LogP contribution in [0.3, 0.4) is 0 Å². The molecule has 0 aliphatic carbocycles. The molecule has 0 bridgehead atoms. The van der Waals surface area contributed by atoms with Gasteiger partial charge in [0, 0.05) is 18.9 Å². The molecule has 0 saturated carbocycles. The zero-order valence-electron chi connectivity index (χ0n) is 15.8. The summed E-state index contributed by atoms with van der Waals surface area (Å²) in [4.78, 5) is 4.52. The van der Waals surface area contributed by atoms with Gasteiger partial charge in [0.1, 0.15) is 0 Å². The second-order valence-electron chi connectivity index (χ2n) is 7.27. The summed E-state index contributed by atoms with van der Waals surface area (Å²) in [6, 6.07) is 23.1. The van der Waals surface area contributed by atoms with Crippen molar-refractivity contribution < 1.29 is 8.42 Å². The molecule has 1 aromatic heterocycles. The number of hydrogen-bond donors (Lipinski definition) is 0. The molecule has 5 rings (SSSR count).